The summed E-state index contributed by atoms with van der Waals surface area (Å²) in [5, 5.41) is 11.7. The highest BCUT2D eigenvalue weighted by atomic mass is 19.1. The molecule has 0 saturated carbocycles. The molecule has 0 aliphatic carbocycles. The summed E-state index contributed by atoms with van der Waals surface area (Å²) < 4.78 is 13.1. The van der Waals surface area contributed by atoms with Crippen molar-refractivity contribution in [1.82, 2.24) is 9.97 Å². The van der Waals surface area contributed by atoms with Crippen LogP contribution < -0.4 is 16.6 Å². The topological polar surface area (TPSA) is 125 Å². The highest BCUT2D eigenvalue weighted by Gasteiger charge is 2.40. The Morgan fingerprint density at radius 3 is 2.59 bits per heavy atom. The number of nitrogens with one attached hydrogen (secondary N) is 2. The molecule has 1 aliphatic rings. The van der Waals surface area contributed by atoms with Gasteiger partial charge in [0.2, 0.25) is 11.9 Å². The molecule has 0 spiro atoms. The zero-order chi connectivity index (χ0) is 15.9. The number of rotatable bonds is 1. The smallest absolute Gasteiger partial charge is 0.258 e. The number of nitriles is 1. The molecule has 0 fully saturated rings. The summed E-state index contributed by atoms with van der Waals surface area (Å²) in [5.41, 5.74) is 5.53. The van der Waals surface area contributed by atoms with E-state index in [0.717, 1.165) is 0 Å². The van der Waals surface area contributed by atoms with Crippen molar-refractivity contribution in [2.45, 2.75) is 5.92 Å². The summed E-state index contributed by atoms with van der Waals surface area (Å²) in [7, 11) is 0. The fourth-order valence-electron chi connectivity index (χ4n) is 2.56. The number of nitrogens with two attached hydrogens (primary N) is 1. The fraction of sp³-hybridized carbons (Fsp3) is 0.143. The van der Waals surface area contributed by atoms with Gasteiger partial charge in [0.25, 0.3) is 5.56 Å². The van der Waals surface area contributed by atoms with Crippen LogP contribution in [0.2, 0.25) is 0 Å². The maximum absolute atomic E-state index is 13.1. The number of hydrogen-bond donors (Lipinski definition) is 3. The Morgan fingerprint density at radius 2 is 1.95 bits per heavy atom. The molecule has 3 rings (SSSR count). The van der Waals surface area contributed by atoms with Crippen LogP contribution in [0.25, 0.3) is 0 Å². The molecule has 2 atom stereocenters. The third-order valence-electron chi connectivity index (χ3n) is 3.51. The molecular formula is C14H10FN5O2. The molecule has 2 heterocycles. The Morgan fingerprint density at radius 1 is 1.27 bits per heavy atom. The van der Waals surface area contributed by atoms with Gasteiger partial charge in [-0.25, -0.2) is 4.39 Å². The average molecular weight is 299 g/mol. The van der Waals surface area contributed by atoms with E-state index in [-0.39, 0.29) is 17.3 Å². The zero-order valence-corrected chi connectivity index (χ0v) is 11.1. The molecular weight excluding hydrogens is 289 g/mol. The first-order valence-electron chi connectivity index (χ1n) is 6.37. The predicted molar refractivity (Wildman–Crippen MR) is 75.2 cm³/mol. The molecule has 8 heteroatoms. The number of nitrogens with zero attached hydrogens (tertiary/aromatic N) is 2. The van der Waals surface area contributed by atoms with Crippen molar-refractivity contribution in [1.29, 1.82) is 5.26 Å². The van der Waals surface area contributed by atoms with Gasteiger partial charge in [0.1, 0.15) is 17.6 Å². The molecule has 0 radical (unpaired) electrons. The highest BCUT2D eigenvalue weighted by Crippen LogP contribution is 2.37. The van der Waals surface area contributed by atoms with Crippen LogP contribution in [0.4, 0.5) is 16.2 Å². The number of aromatic nitrogens is 2. The highest BCUT2D eigenvalue weighted by molar-refractivity contribution is 5.97. The summed E-state index contributed by atoms with van der Waals surface area (Å²) in [6.07, 6.45) is 0. The number of halogens is 1. The third-order valence-corrected chi connectivity index (χ3v) is 3.51. The van der Waals surface area contributed by atoms with Crippen molar-refractivity contribution in [3.8, 4) is 6.07 Å². The minimum atomic E-state index is -1.12. The summed E-state index contributed by atoms with van der Waals surface area (Å²) in [5.74, 6) is -3.12. The predicted octanol–water partition coefficient (Wildman–Crippen LogP) is 0.715. The van der Waals surface area contributed by atoms with Crippen molar-refractivity contribution < 1.29 is 9.18 Å². The van der Waals surface area contributed by atoms with Gasteiger partial charge < -0.3 is 11.1 Å². The van der Waals surface area contributed by atoms with Crippen LogP contribution in [-0.4, -0.2) is 15.9 Å². The molecule has 1 aliphatic heterocycles. The lowest BCUT2D eigenvalue weighted by Gasteiger charge is -2.28. The monoisotopic (exact) mass is 299 g/mol. The van der Waals surface area contributed by atoms with Crippen LogP contribution in [0.1, 0.15) is 17.0 Å². The lowest BCUT2D eigenvalue weighted by Crippen LogP contribution is -2.38. The van der Waals surface area contributed by atoms with E-state index in [4.69, 9.17) is 5.73 Å². The third kappa shape index (κ3) is 2.09. The van der Waals surface area contributed by atoms with Gasteiger partial charge in [0, 0.05) is 5.92 Å². The lowest BCUT2D eigenvalue weighted by atomic mass is 9.79. The Bertz CT molecular complexity index is 853. The van der Waals surface area contributed by atoms with E-state index in [1.165, 1.54) is 24.3 Å². The maximum Gasteiger partial charge on any atom is 0.258 e. The van der Waals surface area contributed by atoms with Gasteiger partial charge in [-0.2, -0.15) is 10.2 Å². The Labute approximate surface area is 123 Å². The van der Waals surface area contributed by atoms with Crippen LogP contribution in [0.5, 0.6) is 0 Å². The van der Waals surface area contributed by atoms with E-state index < -0.39 is 29.1 Å². The molecule has 22 heavy (non-hydrogen) atoms. The van der Waals surface area contributed by atoms with Gasteiger partial charge >= 0.3 is 0 Å². The van der Waals surface area contributed by atoms with Crippen LogP contribution in [-0.2, 0) is 4.79 Å². The second-order valence-corrected chi connectivity index (χ2v) is 4.84. The minimum absolute atomic E-state index is 0.0204. The van der Waals surface area contributed by atoms with E-state index in [1.54, 1.807) is 0 Å². The van der Waals surface area contributed by atoms with E-state index in [9.17, 15) is 19.2 Å². The number of nitrogen functional groups attached to an aromatic ring is 1. The minimum Gasteiger partial charge on any atom is -0.369 e. The van der Waals surface area contributed by atoms with Crippen LogP contribution in [0.3, 0.4) is 0 Å². The van der Waals surface area contributed by atoms with E-state index in [2.05, 4.69) is 15.3 Å². The van der Waals surface area contributed by atoms with Gasteiger partial charge in [-0.15, -0.1) is 0 Å². The second kappa shape index (κ2) is 4.96. The molecule has 2 aromatic rings. The van der Waals surface area contributed by atoms with Gasteiger partial charge in [-0.3, -0.25) is 14.6 Å². The Kier molecular flexibility index (Phi) is 3.10. The number of amides is 1. The van der Waals surface area contributed by atoms with E-state index in [1.807, 2.05) is 6.07 Å². The molecule has 0 saturated heterocycles. The van der Waals surface area contributed by atoms with Gasteiger partial charge in [0.15, 0.2) is 0 Å². The molecule has 4 N–H and O–H groups in total. The molecule has 0 unspecified atom stereocenters. The molecule has 7 nitrogen and oxygen atoms in total. The van der Waals surface area contributed by atoms with Crippen molar-refractivity contribution in [3.63, 3.8) is 0 Å². The number of anilines is 2. The molecule has 1 amide bonds. The number of H-pyrrole nitrogens is 1. The number of hydrogen-bond acceptors (Lipinski definition) is 5. The number of carbonyl (C=O) groups is 1. The van der Waals surface area contributed by atoms with Gasteiger partial charge in [0.05, 0.1) is 11.6 Å². The summed E-state index contributed by atoms with van der Waals surface area (Å²) in [6, 6.07) is 7.15. The normalized spacial score (nSPS) is 19.9. The largest absolute Gasteiger partial charge is 0.369 e. The number of aromatic amines is 1. The number of fused-ring (bicyclic) bond motifs is 1. The van der Waals surface area contributed by atoms with Gasteiger partial charge in [-0.1, -0.05) is 12.1 Å². The average Bonchev–Trinajstić information content (AvgIpc) is 2.46. The second-order valence-electron chi connectivity index (χ2n) is 4.84. The van der Waals surface area contributed by atoms with Crippen molar-refractivity contribution in [2.24, 2.45) is 5.92 Å². The molecule has 1 aromatic heterocycles. The van der Waals surface area contributed by atoms with Crippen molar-refractivity contribution in [3.05, 3.63) is 51.6 Å². The maximum atomic E-state index is 13.1. The number of benzene rings is 1. The summed E-state index contributed by atoms with van der Waals surface area (Å²) in [4.78, 5) is 30.5. The molecule has 0 bridgehead atoms. The quantitative estimate of drug-likeness (QED) is 0.715. The number of carbonyl (C=O) groups excluding carboxylic acids is 1. The van der Waals surface area contributed by atoms with Crippen molar-refractivity contribution >= 4 is 17.7 Å². The lowest BCUT2D eigenvalue weighted by molar-refractivity contribution is -0.119. The summed E-state index contributed by atoms with van der Waals surface area (Å²) >= 11 is 0. The fourth-order valence-corrected chi connectivity index (χ4v) is 2.56. The SMILES string of the molecule is N#C[C@H]1C(=O)Nc2nc(N)[nH]c(=O)c2[C@@H]1c1ccc(F)cc1. The first-order chi connectivity index (χ1) is 10.5. The van der Waals surface area contributed by atoms with Crippen LogP contribution in [0, 0.1) is 23.1 Å². The molecule has 1 aromatic carbocycles. The van der Waals surface area contributed by atoms with Crippen molar-refractivity contribution in [2.75, 3.05) is 11.1 Å². The van der Waals surface area contributed by atoms with Crippen LogP contribution >= 0.6 is 0 Å². The van der Waals surface area contributed by atoms with E-state index >= 15 is 0 Å². The van der Waals surface area contributed by atoms with Crippen LogP contribution in [0.15, 0.2) is 29.1 Å². The van der Waals surface area contributed by atoms with Gasteiger partial charge in [-0.05, 0) is 17.7 Å². The Balaban J connectivity index is 2.26. The Hall–Kier alpha value is -3.21. The first-order valence-corrected chi connectivity index (χ1v) is 6.37. The standard InChI is InChI=1S/C14H10FN5O2/c15-7-3-1-6(2-4-7)9-8(5-16)12(21)18-11-10(9)13(22)20-14(17)19-11/h1-4,8-9H,(H4,17,18,19,20,21,22)/t8-,9-/m1/s1. The zero-order valence-electron chi connectivity index (χ0n) is 11.1. The first kappa shape index (κ1) is 13.8. The molecule has 110 valence electrons. The van der Waals surface area contributed by atoms with E-state index in [0.29, 0.717) is 5.56 Å². The summed E-state index contributed by atoms with van der Waals surface area (Å²) in [6.45, 7) is 0.